The Morgan fingerprint density at radius 1 is 1.02 bits per heavy atom. The molecular weight excluding hydrogens is 652 g/mol. The van der Waals surface area contributed by atoms with Gasteiger partial charge < -0.3 is 33.7 Å². The average Bonchev–Trinajstić information content (AvgIpc) is 3.09. The number of cyclic esters (lactones) is 1. The zero-order chi connectivity index (χ0) is 37.7. The highest BCUT2D eigenvalue weighted by molar-refractivity contribution is 6.04. The van der Waals surface area contributed by atoms with Crippen molar-refractivity contribution in [1.29, 1.82) is 0 Å². The molecule has 1 aromatic rings. The number of likely N-dealkylation sites (N-methyl/N-ethyl adjacent to an activating group) is 2. The SMILES string of the molecule is COc1cccc(CN2CCN(C[C@@H]3COC(=O)C(C)(C)C(=O)[C@H](C)[C@@H](O[C@@H]4O[C@H](C)C[C@H](N(C)C)[C@H]4O)[C@](C)(OC)C[C@@H](C)CN3C)CC2)c1. The van der Waals surface area contributed by atoms with Gasteiger partial charge in [0.05, 0.1) is 31.0 Å². The minimum Gasteiger partial charge on any atom is -0.497 e. The van der Waals surface area contributed by atoms with Gasteiger partial charge in [-0.25, -0.2) is 0 Å². The van der Waals surface area contributed by atoms with Crippen LogP contribution >= 0.6 is 0 Å². The summed E-state index contributed by atoms with van der Waals surface area (Å²) in [7, 11) is 9.27. The summed E-state index contributed by atoms with van der Waals surface area (Å²) in [5, 5.41) is 11.4. The Bertz CT molecular complexity index is 1290. The molecule has 0 aromatic heterocycles. The number of ketones is 1. The monoisotopic (exact) mass is 718 g/mol. The van der Waals surface area contributed by atoms with Crippen LogP contribution in [0.2, 0.25) is 0 Å². The van der Waals surface area contributed by atoms with Gasteiger partial charge in [-0.2, -0.15) is 0 Å². The number of aliphatic hydroxyl groups is 1. The van der Waals surface area contributed by atoms with Crippen LogP contribution in [0, 0.1) is 17.3 Å². The minimum absolute atomic E-state index is 0.0681. The maximum Gasteiger partial charge on any atom is 0.319 e. The molecule has 3 fully saturated rings. The topological polar surface area (TPSA) is 113 Å². The van der Waals surface area contributed by atoms with Crippen LogP contribution in [-0.4, -0.2) is 160 Å². The summed E-state index contributed by atoms with van der Waals surface area (Å²) in [5.74, 6) is -0.619. The van der Waals surface area contributed by atoms with E-state index in [4.69, 9.17) is 23.7 Å². The Hall–Kier alpha value is -2.16. The van der Waals surface area contributed by atoms with E-state index in [1.807, 2.05) is 45.0 Å². The highest BCUT2D eigenvalue weighted by Gasteiger charge is 2.51. The Kier molecular flexibility index (Phi) is 14.5. The maximum absolute atomic E-state index is 14.3. The zero-order valence-corrected chi connectivity index (χ0v) is 33.1. The Morgan fingerprint density at radius 2 is 1.69 bits per heavy atom. The summed E-state index contributed by atoms with van der Waals surface area (Å²) < 4.78 is 30.5. The lowest BCUT2D eigenvalue weighted by atomic mass is 9.74. The number of carbonyl (C=O) groups is 2. The normalized spacial score (nSPS) is 35.5. The molecule has 0 aliphatic carbocycles. The zero-order valence-electron chi connectivity index (χ0n) is 33.1. The fraction of sp³-hybridized carbons (Fsp3) is 0.795. The van der Waals surface area contributed by atoms with Crippen molar-refractivity contribution in [3.63, 3.8) is 0 Å². The number of rotatable bonds is 9. The van der Waals surface area contributed by atoms with Crippen LogP contribution in [0.1, 0.15) is 59.9 Å². The second kappa shape index (κ2) is 17.8. The lowest BCUT2D eigenvalue weighted by Gasteiger charge is -2.47. The first-order chi connectivity index (χ1) is 24.0. The highest BCUT2D eigenvalue weighted by atomic mass is 16.7. The summed E-state index contributed by atoms with van der Waals surface area (Å²) in [6.07, 6.45) is -1.65. The van der Waals surface area contributed by atoms with Crippen molar-refractivity contribution in [2.45, 2.75) is 103 Å². The van der Waals surface area contributed by atoms with Crippen molar-refractivity contribution in [2.75, 3.05) is 81.2 Å². The summed E-state index contributed by atoms with van der Waals surface area (Å²) in [4.78, 5) is 37.2. The molecule has 51 heavy (non-hydrogen) atoms. The molecular formula is C39H66N4O8. The van der Waals surface area contributed by atoms with Crippen molar-refractivity contribution in [1.82, 2.24) is 19.6 Å². The predicted octanol–water partition coefficient (Wildman–Crippen LogP) is 3.14. The van der Waals surface area contributed by atoms with Crippen LogP contribution in [-0.2, 0) is 35.1 Å². The van der Waals surface area contributed by atoms with E-state index in [1.165, 1.54) is 5.56 Å². The number of Topliss-reactive ketones (excluding diaryl/α,β-unsaturated/α-hetero) is 1. The lowest BCUT2D eigenvalue weighted by Crippen LogP contribution is -2.59. The van der Waals surface area contributed by atoms with Gasteiger partial charge in [-0.1, -0.05) is 26.0 Å². The van der Waals surface area contributed by atoms with E-state index in [0.29, 0.717) is 12.8 Å². The molecule has 1 aromatic carbocycles. The molecule has 3 aliphatic rings. The largest absolute Gasteiger partial charge is 0.497 e. The van der Waals surface area contributed by atoms with Crippen molar-refractivity contribution >= 4 is 11.8 Å². The predicted molar refractivity (Wildman–Crippen MR) is 197 cm³/mol. The van der Waals surface area contributed by atoms with Crippen LogP contribution in [0.4, 0.5) is 0 Å². The molecule has 12 heteroatoms. The van der Waals surface area contributed by atoms with Crippen LogP contribution < -0.4 is 4.74 Å². The fourth-order valence-corrected chi connectivity index (χ4v) is 8.24. The van der Waals surface area contributed by atoms with E-state index in [9.17, 15) is 14.7 Å². The molecule has 0 unspecified atom stereocenters. The van der Waals surface area contributed by atoms with E-state index < -0.39 is 41.4 Å². The number of hydrogen-bond acceptors (Lipinski definition) is 12. The van der Waals surface area contributed by atoms with E-state index in [0.717, 1.165) is 51.6 Å². The van der Waals surface area contributed by atoms with Gasteiger partial charge in [-0.3, -0.25) is 24.3 Å². The molecule has 4 rings (SSSR count). The Morgan fingerprint density at radius 3 is 2.31 bits per heavy atom. The summed E-state index contributed by atoms with van der Waals surface area (Å²) in [6, 6.07) is 7.97. The van der Waals surface area contributed by atoms with Crippen molar-refractivity contribution < 1.29 is 38.4 Å². The number of aliphatic hydroxyl groups excluding tert-OH is 1. The van der Waals surface area contributed by atoms with Crippen LogP contribution in [0.5, 0.6) is 5.75 Å². The van der Waals surface area contributed by atoms with Gasteiger partial charge >= 0.3 is 5.97 Å². The van der Waals surface area contributed by atoms with Gasteiger partial charge in [0.25, 0.3) is 0 Å². The number of methoxy groups -OCH3 is 2. The summed E-state index contributed by atoms with van der Waals surface area (Å²) >= 11 is 0. The molecule has 3 heterocycles. The molecule has 0 radical (unpaired) electrons. The molecule has 0 spiro atoms. The molecule has 1 N–H and O–H groups in total. The quantitative estimate of drug-likeness (QED) is 0.299. The molecule has 290 valence electrons. The molecule has 9 atom stereocenters. The van der Waals surface area contributed by atoms with Crippen molar-refractivity contribution in [3.8, 4) is 5.75 Å². The molecule has 12 nitrogen and oxygen atoms in total. The first-order valence-electron chi connectivity index (χ1n) is 18.7. The van der Waals surface area contributed by atoms with E-state index >= 15 is 0 Å². The van der Waals surface area contributed by atoms with Crippen molar-refractivity contribution in [3.05, 3.63) is 29.8 Å². The van der Waals surface area contributed by atoms with Gasteiger partial charge in [-0.05, 0) is 85.3 Å². The molecule has 3 aliphatic heterocycles. The summed E-state index contributed by atoms with van der Waals surface area (Å²) in [5.41, 5.74) is -1.14. The van der Waals surface area contributed by atoms with Crippen LogP contribution in [0.3, 0.4) is 0 Å². The fourth-order valence-electron chi connectivity index (χ4n) is 8.24. The number of nitrogens with zero attached hydrogens (tertiary/aromatic N) is 4. The third-order valence-corrected chi connectivity index (χ3v) is 11.5. The standard InChI is InChI=1S/C39H66N4O8/c1-26-21-39(6,48-11)35(51-36-33(44)32(40(7)8)19-27(2)50-36)28(3)34(45)38(4,5)37(46)49-25-30(41(9)22-26)24-43-17-15-42(16-18-43)23-29-13-12-14-31(20-29)47-10/h12-14,20,26-28,30,32-33,35-36,44H,15-19,21-25H2,1-11H3/t26-,27-,28+,30-,32+,33-,35-,36+,39-/m1/s1. The van der Waals surface area contributed by atoms with Gasteiger partial charge in [0.1, 0.15) is 23.9 Å². The number of benzene rings is 1. The second-order valence-electron chi connectivity index (χ2n) is 16.4. The van der Waals surface area contributed by atoms with Gasteiger partial charge in [-0.15, -0.1) is 0 Å². The molecule has 0 amide bonds. The Balaban J connectivity index is 1.52. The number of ether oxygens (including phenoxy) is 5. The third-order valence-electron chi connectivity index (χ3n) is 11.5. The first-order valence-corrected chi connectivity index (χ1v) is 18.7. The highest BCUT2D eigenvalue weighted by Crippen LogP contribution is 2.38. The number of piperazine rings is 1. The number of carbonyl (C=O) groups excluding carboxylic acids is 2. The van der Waals surface area contributed by atoms with Gasteiger partial charge in [0.15, 0.2) is 12.1 Å². The van der Waals surface area contributed by atoms with E-state index in [2.05, 4.69) is 40.8 Å². The number of esters is 1. The average molecular weight is 719 g/mol. The van der Waals surface area contributed by atoms with Crippen LogP contribution in [0.25, 0.3) is 0 Å². The maximum atomic E-state index is 14.3. The van der Waals surface area contributed by atoms with E-state index in [-0.39, 0.29) is 36.5 Å². The van der Waals surface area contributed by atoms with E-state index in [1.54, 1.807) is 35.0 Å². The van der Waals surface area contributed by atoms with Gasteiger partial charge in [0.2, 0.25) is 0 Å². The van der Waals surface area contributed by atoms with Crippen molar-refractivity contribution in [2.24, 2.45) is 17.3 Å². The molecule has 3 saturated heterocycles. The lowest BCUT2D eigenvalue weighted by molar-refractivity contribution is -0.295. The number of hydrogen-bond donors (Lipinski definition) is 1. The van der Waals surface area contributed by atoms with Crippen LogP contribution in [0.15, 0.2) is 24.3 Å². The molecule has 0 bridgehead atoms. The third kappa shape index (κ3) is 10.3. The minimum atomic E-state index is -1.43. The molecule has 0 saturated carbocycles. The Labute approximate surface area is 306 Å². The summed E-state index contributed by atoms with van der Waals surface area (Å²) in [6.45, 7) is 17.4. The smallest absolute Gasteiger partial charge is 0.319 e. The second-order valence-corrected chi connectivity index (χ2v) is 16.4. The first kappa shape index (κ1) is 41.6. The van der Waals surface area contributed by atoms with Gasteiger partial charge in [0, 0.05) is 64.9 Å².